The maximum atomic E-state index is 13.0. The van der Waals surface area contributed by atoms with Crippen molar-refractivity contribution in [1.29, 1.82) is 0 Å². The molecule has 2 aromatic carbocycles. The fraction of sp³-hybridized carbons (Fsp3) is 0.391. The van der Waals surface area contributed by atoms with Crippen molar-refractivity contribution in [3.63, 3.8) is 0 Å². The molecular formula is C23H29ClN4O2. The smallest absolute Gasteiger partial charge is 0.323 e. The van der Waals surface area contributed by atoms with E-state index in [0.717, 1.165) is 38.0 Å². The fourth-order valence-corrected chi connectivity index (χ4v) is 3.56. The minimum atomic E-state index is -0.378. The molecule has 0 spiro atoms. The molecule has 3 N–H and O–H groups in total. The minimum absolute atomic E-state index is 0.0801. The van der Waals surface area contributed by atoms with Gasteiger partial charge in [-0.05, 0) is 75.1 Å². The molecule has 3 rings (SSSR count). The van der Waals surface area contributed by atoms with Crippen molar-refractivity contribution in [2.75, 3.05) is 28.6 Å². The molecule has 0 unspecified atom stereocenters. The molecule has 6 nitrogen and oxygen atoms in total. The quantitative estimate of drug-likeness (QED) is 0.568. The summed E-state index contributed by atoms with van der Waals surface area (Å²) in [6, 6.07) is 12.1. The van der Waals surface area contributed by atoms with E-state index in [1.165, 1.54) is 6.42 Å². The lowest BCUT2D eigenvalue weighted by Gasteiger charge is -2.31. The summed E-state index contributed by atoms with van der Waals surface area (Å²) in [5, 5.41) is 9.23. The first kappa shape index (κ1) is 22.0. The lowest BCUT2D eigenvalue weighted by atomic mass is 10.1. The summed E-state index contributed by atoms with van der Waals surface area (Å²) in [6.45, 7) is 5.90. The maximum Gasteiger partial charge on any atom is 0.323 e. The van der Waals surface area contributed by atoms with E-state index in [2.05, 4.69) is 20.9 Å². The lowest BCUT2D eigenvalue weighted by molar-refractivity contribution is 0.0939. The van der Waals surface area contributed by atoms with E-state index in [1.54, 1.807) is 30.3 Å². The Hall–Kier alpha value is -2.73. The van der Waals surface area contributed by atoms with Gasteiger partial charge in [-0.25, -0.2) is 4.79 Å². The van der Waals surface area contributed by atoms with E-state index in [4.69, 9.17) is 11.6 Å². The number of urea groups is 1. The second kappa shape index (κ2) is 10.3. The second-order valence-electron chi connectivity index (χ2n) is 7.65. The summed E-state index contributed by atoms with van der Waals surface area (Å²) in [5.74, 6) is -0.119. The summed E-state index contributed by atoms with van der Waals surface area (Å²) in [4.78, 5) is 27.6. The number of carbonyl (C=O) groups is 2. The van der Waals surface area contributed by atoms with E-state index in [9.17, 15) is 9.59 Å². The summed E-state index contributed by atoms with van der Waals surface area (Å²) < 4.78 is 0. The molecule has 0 radical (unpaired) electrons. The molecule has 1 saturated heterocycles. The number of rotatable bonds is 6. The van der Waals surface area contributed by atoms with E-state index in [-0.39, 0.29) is 18.0 Å². The van der Waals surface area contributed by atoms with Gasteiger partial charge in [0.25, 0.3) is 5.91 Å². The van der Waals surface area contributed by atoms with Crippen molar-refractivity contribution in [3.05, 3.63) is 53.1 Å². The molecule has 160 valence electrons. The van der Waals surface area contributed by atoms with Crippen molar-refractivity contribution < 1.29 is 9.59 Å². The van der Waals surface area contributed by atoms with Crippen LogP contribution in [0.5, 0.6) is 0 Å². The standard InChI is InChI=1S/C23H29ClN4O2/c1-3-16(2)25-22(29)20-15-19(11-12-21(20)28-13-5-4-6-14-28)27-23(30)26-18-9-7-17(24)8-10-18/h7-12,15-16H,3-6,13-14H2,1-2H3,(H,25,29)(H2,26,27,30)/t16-/m0/s1. The van der Waals surface area contributed by atoms with E-state index >= 15 is 0 Å². The number of amides is 3. The van der Waals surface area contributed by atoms with Gasteiger partial charge in [-0.3, -0.25) is 4.79 Å². The monoisotopic (exact) mass is 428 g/mol. The molecule has 1 aliphatic rings. The Morgan fingerprint density at radius 2 is 1.63 bits per heavy atom. The van der Waals surface area contributed by atoms with Crippen LogP contribution < -0.4 is 20.9 Å². The van der Waals surface area contributed by atoms with Crippen molar-refractivity contribution in [2.45, 2.75) is 45.6 Å². The lowest BCUT2D eigenvalue weighted by Crippen LogP contribution is -2.35. The highest BCUT2D eigenvalue weighted by Gasteiger charge is 2.20. The summed E-state index contributed by atoms with van der Waals surface area (Å²) in [7, 11) is 0. The fourth-order valence-electron chi connectivity index (χ4n) is 3.44. The van der Waals surface area contributed by atoms with Gasteiger partial charge in [0.1, 0.15) is 0 Å². The third-order valence-corrected chi connectivity index (χ3v) is 5.54. The average molecular weight is 429 g/mol. The third-order valence-electron chi connectivity index (χ3n) is 5.29. The zero-order valence-electron chi connectivity index (χ0n) is 17.5. The Morgan fingerprint density at radius 1 is 1.00 bits per heavy atom. The number of nitrogens with one attached hydrogen (secondary N) is 3. The molecule has 0 aliphatic carbocycles. The van der Waals surface area contributed by atoms with Crippen LogP contribution in [0, 0.1) is 0 Å². The highest BCUT2D eigenvalue weighted by molar-refractivity contribution is 6.30. The van der Waals surface area contributed by atoms with Crippen molar-refractivity contribution in [3.8, 4) is 0 Å². The minimum Gasteiger partial charge on any atom is -0.371 e. The number of benzene rings is 2. The van der Waals surface area contributed by atoms with Gasteiger partial charge in [-0.15, -0.1) is 0 Å². The Bertz CT molecular complexity index is 879. The maximum absolute atomic E-state index is 13.0. The Kier molecular flexibility index (Phi) is 7.57. The molecule has 7 heteroatoms. The van der Waals surface area contributed by atoms with Crippen LogP contribution in [0.3, 0.4) is 0 Å². The molecular weight excluding hydrogens is 400 g/mol. The number of anilines is 3. The van der Waals surface area contributed by atoms with Gasteiger partial charge in [-0.1, -0.05) is 18.5 Å². The topological polar surface area (TPSA) is 73.5 Å². The van der Waals surface area contributed by atoms with Crippen molar-refractivity contribution in [1.82, 2.24) is 5.32 Å². The first-order valence-corrected chi connectivity index (χ1v) is 10.9. The number of halogens is 1. The summed E-state index contributed by atoms with van der Waals surface area (Å²) in [6.07, 6.45) is 4.31. The molecule has 0 bridgehead atoms. The predicted octanol–water partition coefficient (Wildman–Crippen LogP) is 5.50. The Morgan fingerprint density at radius 3 is 2.30 bits per heavy atom. The molecule has 0 aromatic heterocycles. The Balaban J connectivity index is 1.79. The van der Waals surface area contributed by atoms with Gasteiger partial charge >= 0.3 is 6.03 Å². The highest BCUT2D eigenvalue weighted by atomic mass is 35.5. The van der Waals surface area contributed by atoms with Gasteiger partial charge in [-0.2, -0.15) is 0 Å². The van der Waals surface area contributed by atoms with Crippen LogP contribution in [0.1, 0.15) is 49.9 Å². The first-order valence-electron chi connectivity index (χ1n) is 10.5. The van der Waals surface area contributed by atoms with Gasteiger partial charge in [0.05, 0.1) is 5.56 Å². The highest BCUT2D eigenvalue weighted by Crippen LogP contribution is 2.27. The molecule has 1 fully saturated rings. The molecule has 1 aliphatic heterocycles. The van der Waals surface area contributed by atoms with Crippen LogP contribution in [0.25, 0.3) is 0 Å². The van der Waals surface area contributed by atoms with Crippen molar-refractivity contribution in [2.24, 2.45) is 0 Å². The third kappa shape index (κ3) is 5.89. The van der Waals surface area contributed by atoms with Crippen LogP contribution in [-0.4, -0.2) is 31.1 Å². The van der Waals surface area contributed by atoms with Crippen molar-refractivity contribution >= 4 is 40.6 Å². The van der Waals surface area contributed by atoms with E-state index in [0.29, 0.717) is 22.0 Å². The largest absolute Gasteiger partial charge is 0.371 e. The van der Waals surface area contributed by atoms with E-state index in [1.807, 2.05) is 26.0 Å². The normalized spacial score (nSPS) is 14.7. The van der Waals surface area contributed by atoms with Crippen LogP contribution in [-0.2, 0) is 0 Å². The molecule has 0 saturated carbocycles. The molecule has 30 heavy (non-hydrogen) atoms. The number of hydrogen-bond donors (Lipinski definition) is 3. The number of hydrogen-bond acceptors (Lipinski definition) is 3. The number of piperidine rings is 1. The average Bonchev–Trinajstić information content (AvgIpc) is 2.75. The number of carbonyl (C=O) groups excluding carboxylic acids is 2. The van der Waals surface area contributed by atoms with Gasteiger partial charge in [0.15, 0.2) is 0 Å². The van der Waals surface area contributed by atoms with Crippen LogP contribution in [0.15, 0.2) is 42.5 Å². The molecule has 1 heterocycles. The molecule has 1 atom stereocenters. The summed E-state index contributed by atoms with van der Waals surface area (Å²) >= 11 is 5.88. The van der Waals surface area contributed by atoms with Crippen LogP contribution in [0.2, 0.25) is 5.02 Å². The zero-order valence-corrected chi connectivity index (χ0v) is 18.3. The SMILES string of the molecule is CC[C@H](C)NC(=O)c1cc(NC(=O)Nc2ccc(Cl)cc2)ccc1N1CCCCC1. The van der Waals surface area contributed by atoms with E-state index < -0.39 is 0 Å². The predicted molar refractivity (Wildman–Crippen MR) is 124 cm³/mol. The van der Waals surface area contributed by atoms with Gasteiger partial charge in [0.2, 0.25) is 0 Å². The first-order chi connectivity index (χ1) is 14.5. The zero-order chi connectivity index (χ0) is 21.5. The molecule has 2 aromatic rings. The van der Waals surface area contributed by atoms with Gasteiger partial charge in [0, 0.05) is 41.2 Å². The number of nitrogens with zero attached hydrogens (tertiary/aromatic N) is 1. The summed E-state index contributed by atoms with van der Waals surface area (Å²) in [5.41, 5.74) is 2.70. The van der Waals surface area contributed by atoms with Gasteiger partial charge < -0.3 is 20.9 Å². The molecule has 3 amide bonds. The Labute approximate surface area is 183 Å². The van der Waals surface area contributed by atoms with Crippen LogP contribution >= 0.6 is 11.6 Å². The second-order valence-corrected chi connectivity index (χ2v) is 8.08. The van der Waals surface area contributed by atoms with Crippen LogP contribution in [0.4, 0.5) is 21.9 Å².